The molecule has 0 spiro atoms. The van der Waals surface area contributed by atoms with Crippen LogP contribution in [0.2, 0.25) is 0 Å². The summed E-state index contributed by atoms with van der Waals surface area (Å²) < 4.78 is 8.46. The maximum atomic E-state index is 9.96. The van der Waals surface area contributed by atoms with Crippen LogP contribution in [0.15, 0.2) is 97.5 Å². The Morgan fingerprint density at radius 2 is 1.76 bits per heavy atom. The molecule has 0 fully saturated rings. The molecule has 1 heterocycles. The van der Waals surface area contributed by atoms with Gasteiger partial charge in [-0.2, -0.15) is 5.26 Å². The van der Waals surface area contributed by atoms with Crippen molar-refractivity contribution in [1.29, 1.82) is 5.26 Å². The summed E-state index contributed by atoms with van der Waals surface area (Å²) >= 11 is 0. The molecule has 5 aromatic rings. The van der Waals surface area contributed by atoms with E-state index in [-0.39, 0.29) is 6.10 Å². The lowest BCUT2D eigenvalue weighted by Gasteiger charge is -2.21. The molecule has 5 rings (SSSR count). The van der Waals surface area contributed by atoms with Gasteiger partial charge in [-0.05, 0) is 52.1 Å². The Morgan fingerprint density at radius 1 is 0.971 bits per heavy atom. The molecule has 4 aromatic carbocycles. The molecule has 0 aliphatic carbocycles. The first-order valence-electron chi connectivity index (χ1n) is 11.3. The molecule has 1 aromatic heterocycles. The average Bonchev–Trinajstić information content (AvgIpc) is 3.30. The van der Waals surface area contributed by atoms with Crippen LogP contribution in [0.5, 0.6) is 0 Å². The highest BCUT2D eigenvalue weighted by atomic mass is 16.5. The number of nitriles is 1. The van der Waals surface area contributed by atoms with Gasteiger partial charge in [-0.15, -0.1) is 0 Å². The molecule has 166 valence electrons. The molecule has 0 amide bonds. The van der Waals surface area contributed by atoms with E-state index in [2.05, 4.69) is 60.4 Å². The average molecular weight is 444 g/mol. The molecule has 0 N–H and O–H groups in total. The number of benzene rings is 4. The smallest absolute Gasteiger partial charge is 0.124 e. The molecule has 4 heteroatoms. The van der Waals surface area contributed by atoms with Crippen LogP contribution in [-0.4, -0.2) is 9.55 Å². The number of rotatable bonds is 6. The SMILES string of the molecule is Cc1ccc2ccccc2c1-c1cc(C(OCc2ccccc2)c2cncn2C)ccc1C#N. The maximum absolute atomic E-state index is 9.96. The van der Waals surface area contributed by atoms with Crippen LogP contribution >= 0.6 is 0 Å². The molecule has 1 atom stereocenters. The lowest BCUT2D eigenvalue weighted by molar-refractivity contribution is 0.0622. The van der Waals surface area contributed by atoms with Gasteiger partial charge < -0.3 is 9.30 Å². The van der Waals surface area contributed by atoms with Crippen molar-refractivity contribution in [3.8, 4) is 17.2 Å². The molecule has 34 heavy (non-hydrogen) atoms. The van der Waals surface area contributed by atoms with Crippen LogP contribution in [0.25, 0.3) is 21.9 Å². The van der Waals surface area contributed by atoms with Gasteiger partial charge in [0, 0.05) is 12.6 Å². The predicted octanol–water partition coefficient (Wildman–Crippen LogP) is 6.73. The third kappa shape index (κ3) is 4.10. The highest BCUT2D eigenvalue weighted by molar-refractivity contribution is 5.99. The van der Waals surface area contributed by atoms with E-state index >= 15 is 0 Å². The molecule has 0 aliphatic heterocycles. The van der Waals surface area contributed by atoms with Crippen molar-refractivity contribution in [1.82, 2.24) is 9.55 Å². The fraction of sp³-hybridized carbons (Fsp3) is 0.133. The maximum Gasteiger partial charge on any atom is 0.124 e. The fourth-order valence-corrected chi connectivity index (χ4v) is 4.49. The van der Waals surface area contributed by atoms with E-state index in [1.54, 1.807) is 6.33 Å². The van der Waals surface area contributed by atoms with Crippen LogP contribution in [0.4, 0.5) is 0 Å². The lowest BCUT2D eigenvalue weighted by atomic mass is 9.89. The zero-order chi connectivity index (χ0) is 23.5. The van der Waals surface area contributed by atoms with Gasteiger partial charge in [-0.25, -0.2) is 4.98 Å². The highest BCUT2D eigenvalue weighted by Gasteiger charge is 2.21. The minimum absolute atomic E-state index is 0.325. The van der Waals surface area contributed by atoms with Crippen molar-refractivity contribution in [2.45, 2.75) is 19.6 Å². The van der Waals surface area contributed by atoms with Crippen molar-refractivity contribution < 1.29 is 4.74 Å². The molecule has 0 saturated carbocycles. The van der Waals surface area contributed by atoms with E-state index in [9.17, 15) is 5.26 Å². The summed E-state index contributed by atoms with van der Waals surface area (Å²) in [4.78, 5) is 4.32. The zero-order valence-corrected chi connectivity index (χ0v) is 19.3. The number of hydrogen-bond donors (Lipinski definition) is 0. The number of hydrogen-bond acceptors (Lipinski definition) is 3. The molecule has 1 unspecified atom stereocenters. The Bertz CT molecular complexity index is 1500. The van der Waals surface area contributed by atoms with Crippen molar-refractivity contribution in [2.24, 2.45) is 7.05 Å². The zero-order valence-electron chi connectivity index (χ0n) is 19.3. The lowest BCUT2D eigenvalue weighted by Crippen LogP contribution is -2.11. The second-order valence-electron chi connectivity index (χ2n) is 8.50. The van der Waals surface area contributed by atoms with Crippen LogP contribution in [0, 0.1) is 18.3 Å². The molecule has 0 bridgehead atoms. The number of aryl methyl sites for hydroxylation is 2. The van der Waals surface area contributed by atoms with Gasteiger partial charge in [0.1, 0.15) is 6.10 Å². The van der Waals surface area contributed by atoms with Gasteiger partial charge in [-0.1, -0.05) is 72.8 Å². The van der Waals surface area contributed by atoms with Crippen LogP contribution in [-0.2, 0) is 18.4 Å². The van der Waals surface area contributed by atoms with Crippen LogP contribution in [0.3, 0.4) is 0 Å². The normalized spacial score (nSPS) is 11.9. The first kappa shape index (κ1) is 21.6. The molecule has 4 nitrogen and oxygen atoms in total. The standard InChI is InChI=1S/C30H25N3O/c1-21-12-13-23-10-6-7-11-26(23)29(21)27-16-24(14-15-25(27)17-31)30(28-18-32-20-33(28)2)34-19-22-8-4-3-5-9-22/h3-16,18,20,30H,19H2,1-2H3. The summed E-state index contributed by atoms with van der Waals surface area (Å²) in [6.45, 7) is 2.57. The van der Waals surface area contributed by atoms with E-state index < -0.39 is 0 Å². The van der Waals surface area contributed by atoms with Crippen molar-refractivity contribution >= 4 is 10.8 Å². The molecular weight excluding hydrogens is 418 g/mol. The van der Waals surface area contributed by atoms with Gasteiger partial charge in [-0.3, -0.25) is 0 Å². The van der Waals surface area contributed by atoms with E-state index in [0.717, 1.165) is 44.3 Å². The van der Waals surface area contributed by atoms with Crippen molar-refractivity contribution in [3.63, 3.8) is 0 Å². The Morgan fingerprint density at radius 3 is 2.53 bits per heavy atom. The quantitative estimate of drug-likeness (QED) is 0.292. The molecule has 0 radical (unpaired) electrons. The van der Waals surface area contributed by atoms with Gasteiger partial charge in [0.15, 0.2) is 0 Å². The Labute approximate surface area is 199 Å². The minimum atomic E-state index is -0.325. The Balaban J connectivity index is 1.65. The number of aromatic nitrogens is 2. The number of imidazole rings is 1. The Hall–Kier alpha value is -4.20. The third-order valence-electron chi connectivity index (χ3n) is 6.26. The summed E-state index contributed by atoms with van der Waals surface area (Å²) in [5.41, 5.74) is 6.84. The number of fused-ring (bicyclic) bond motifs is 1. The van der Waals surface area contributed by atoms with E-state index in [0.29, 0.717) is 12.2 Å². The minimum Gasteiger partial charge on any atom is -0.363 e. The summed E-state index contributed by atoms with van der Waals surface area (Å²) in [7, 11) is 1.97. The summed E-state index contributed by atoms with van der Waals surface area (Å²) in [5.74, 6) is 0. The highest BCUT2D eigenvalue weighted by Crippen LogP contribution is 2.37. The number of ether oxygens (including phenoxy) is 1. The summed E-state index contributed by atoms with van der Waals surface area (Å²) in [6, 6.07) is 31.1. The van der Waals surface area contributed by atoms with Crippen molar-refractivity contribution in [2.75, 3.05) is 0 Å². The second kappa shape index (κ2) is 9.35. The largest absolute Gasteiger partial charge is 0.363 e. The third-order valence-corrected chi connectivity index (χ3v) is 6.26. The first-order valence-corrected chi connectivity index (χ1v) is 11.3. The second-order valence-corrected chi connectivity index (χ2v) is 8.50. The molecule has 0 aliphatic rings. The summed E-state index contributed by atoms with van der Waals surface area (Å²) in [5, 5.41) is 12.2. The van der Waals surface area contributed by atoms with E-state index in [1.807, 2.05) is 60.3 Å². The predicted molar refractivity (Wildman–Crippen MR) is 135 cm³/mol. The van der Waals surface area contributed by atoms with Gasteiger partial charge in [0.05, 0.1) is 36.5 Å². The van der Waals surface area contributed by atoms with Crippen LogP contribution < -0.4 is 0 Å². The van der Waals surface area contributed by atoms with E-state index in [1.165, 1.54) is 0 Å². The summed E-state index contributed by atoms with van der Waals surface area (Å²) in [6.07, 6.45) is 3.30. The Kier molecular flexibility index (Phi) is 5.95. The van der Waals surface area contributed by atoms with E-state index in [4.69, 9.17) is 4.74 Å². The monoisotopic (exact) mass is 443 g/mol. The molecular formula is C30H25N3O. The van der Waals surface area contributed by atoms with Crippen molar-refractivity contribution in [3.05, 3.63) is 125 Å². The van der Waals surface area contributed by atoms with Gasteiger partial charge in [0.25, 0.3) is 0 Å². The van der Waals surface area contributed by atoms with Gasteiger partial charge >= 0.3 is 0 Å². The first-order chi connectivity index (χ1) is 16.7. The topological polar surface area (TPSA) is 50.8 Å². The molecule has 0 saturated heterocycles. The fourth-order valence-electron chi connectivity index (χ4n) is 4.49. The van der Waals surface area contributed by atoms with Gasteiger partial charge in [0.2, 0.25) is 0 Å². The van der Waals surface area contributed by atoms with Crippen LogP contribution in [0.1, 0.15) is 34.1 Å². The number of nitrogens with zero attached hydrogens (tertiary/aromatic N) is 3.